The van der Waals surface area contributed by atoms with E-state index in [1.165, 1.54) is 0 Å². The SMILES string of the molecule is Cc1ccc(Br)cc1NC(=O)c1cc(Br)ccc1C. The molecule has 0 atom stereocenters. The van der Waals surface area contributed by atoms with Crippen LogP contribution in [0, 0.1) is 13.8 Å². The first-order chi connectivity index (χ1) is 8.97. The average molecular weight is 383 g/mol. The van der Waals surface area contributed by atoms with E-state index in [4.69, 9.17) is 0 Å². The Bertz CT molecular complexity index is 638. The standard InChI is InChI=1S/C15H13Br2NO/c1-9-3-5-11(16)7-13(9)15(19)18-14-8-12(17)6-4-10(14)2/h3-8H,1-2H3,(H,18,19). The van der Waals surface area contributed by atoms with Crippen molar-refractivity contribution in [2.24, 2.45) is 0 Å². The van der Waals surface area contributed by atoms with Gasteiger partial charge in [0.25, 0.3) is 5.91 Å². The van der Waals surface area contributed by atoms with Crippen molar-refractivity contribution in [2.45, 2.75) is 13.8 Å². The van der Waals surface area contributed by atoms with Crippen LogP contribution in [0.3, 0.4) is 0 Å². The predicted octanol–water partition coefficient (Wildman–Crippen LogP) is 5.08. The first-order valence-corrected chi connectivity index (χ1v) is 7.39. The Morgan fingerprint density at radius 1 is 0.947 bits per heavy atom. The molecule has 4 heteroatoms. The molecule has 1 amide bonds. The summed E-state index contributed by atoms with van der Waals surface area (Å²) in [6.45, 7) is 3.89. The van der Waals surface area contributed by atoms with E-state index >= 15 is 0 Å². The summed E-state index contributed by atoms with van der Waals surface area (Å²) in [5, 5.41) is 2.95. The number of nitrogens with one attached hydrogen (secondary N) is 1. The molecule has 0 aliphatic rings. The maximum absolute atomic E-state index is 12.3. The van der Waals surface area contributed by atoms with E-state index in [1.54, 1.807) is 0 Å². The lowest BCUT2D eigenvalue weighted by molar-refractivity contribution is 0.102. The molecule has 0 unspecified atom stereocenters. The van der Waals surface area contributed by atoms with Gasteiger partial charge in [0.2, 0.25) is 0 Å². The molecular weight excluding hydrogens is 370 g/mol. The Hall–Kier alpha value is -1.13. The van der Waals surface area contributed by atoms with E-state index in [-0.39, 0.29) is 5.91 Å². The van der Waals surface area contributed by atoms with Gasteiger partial charge in [0.1, 0.15) is 0 Å². The van der Waals surface area contributed by atoms with E-state index < -0.39 is 0 Å². The second-order valence-electron chi connectivity index (χ2n) is 4.37. The molecule has 1 N–H and O–H groups in total. The topological polar surface area (TPSA) is 29.1 Å². The third kappa shape index (κ3) is 3.45. The maximum Gasteiger partial charge on any atom is 0.255 e. The molecule has 0 aliphatic carbocycles. The molecule has 0 aromatic heterocycles. The van der Waals surface area contributed by atoms with Crippen LogP contribution in [0.4, 0.5) is 5.69 Å². The van der Waals surface area contributed by atoms with Crippen LogP contribution in [0.2, 0.25) is 0 Å². The van der Waals surface area contributed by atoms with Crippen LogP contribution in [0.15, 0.2) is 45.3 Å². The number of hydrogen-bond acceptors (Lipinski definition) is 1. The van der Waals surface area contributed by atoms with Gasteiger partial charge in [-0.25, -0.2) is 0 Å². The van der Waals surface area contributed by atoms with Gasteiger partial charge >= 0.3 is 0 Å². The number of benzene rings is 2. The number of rotatable bonds is 2. The molecule has 98 valence electrons. The minimum Gasteiger partial charge on any atom is -0.322 e. The van der Waals surface area contributed by atoms with Crippen LogP contribution in [-0.2, 0) is 0 Å². The van der Waals surface area contributed by atoms with Gasteiger partial charge in [-0.2, -0.15) is 0 Å². The first kappa shape index (κ1) is 14.3. The van der Waals surface area contributed by atoms with Crippen molar-refractivity contribution < 1.29 is 4.79 Å². The highest BCUT2D eigenvalue weighted by Gasteiger charge is 2.11. The fourth-order valence-electron chi connectivity index (χ4n) is 1.76. The highest BCUT2D eigenvalue weighted by atomic mass is 79.9. The van der Waals surface area contributed by atoms with E-state index in [0.717, 1.165) is 25.8 Å². The molecule has 0 spiro atoms. The highest BCUT2D eigenvalue weighted by Crippen LogP contribution is 2.22. The Balaban J connectivity index is 2.30. The molecule has 0 saturated heterocycles. The highest BCUT2D eigenvalue weighted by molar-refractivity contribution is 9.10. The molecule has 0 heterocycles. The zero-order valence-electron chi connectivity index (χ0n) is 10.6. The quantitative estimate of drug-likeness (QED) is 0.770. The monoisotopic (exact) mass is 381 g/mol. The van der Waals surface area contributed by atoms with Crippen LogP contribution in [0.5, 0.6) is 0 Å². The number of anilines is 1. The Kier molecular flexibility index (Phi) is 4.42. The van der Waals surface area contributed by atoms with Crippen molar-refractivity contribution in [3.8, 4) is 0 Å². The molecule has 0 saturated carbocycles. The molecule has 19 heavy (non-hydrogen) atoms. The summed E-state index contributed by atoms with van der Waals surface area (Å²) in [6.07, 6.45) is 0. The van der Waals surface area contributed by atoms with Gasteiger partial charge < -0.3 is 5.32 Å². The fourth-order valence-corrected chi connectivity index (χ4v) is 2.48. The van der Waals surface area contributed by atoms with Crippen molar-refractivity contribution in [3.63, 3.8) is 0 Å². The Morgan fingerprint density at radius 3 is 2.21 bits per heavy atom. The number of aryl methyl sites for hydroxylation is 2. The minimum absolute atomic E-state index is 0.0972. The van der Waals surface area contributed by atoms with Crippen molar-refractivity contribution in [1.82, 2.24) is 0 Å². The molecule has 2 rings (SSSR count). The van der Waals surface area contributed by atoms with Gasteiger partial charge in [0.05, 0.1) is 0 Å². The molecule has 2 aromatic carbocycles. The van der Waals surface area contributed by atoms with Crippen molar-refractivity contribution in [2.75, 3.05) is 5.32 Å². The Labute approximate surface area is 129 Å². The van der Waals surface area contributed by atoms with Crippen LogP contribution < -0.4 is 5.32 Å². The molecule has 0 bridgehead atoms. The van der Waals surface area contributed by atoms with E-state index in [9.17, 15) is 4.79 Å². The fraction of sp³-hybridized carbons (Fsp3) is 0.133. The molecule has 0 fully saturated rings. The molecule has 0 aliphatic heterocycles. The van der Waals surface area contributed by atoms with Gasteiger partial charge in [-0.1, -0.05) is 44.0 Å². The van der Waals surface area contributed by atoms with Crippen LogP contribution in [0.1, 0.15) is 21.5 Å². The number of carbonyl (C=O) groups is 1. The van der Waals surface area contributed by atoms with Crippen molar-refractivity contribution in [1.29, 1.82) is 0 Å². The largest absolute Gasteiger partial charge is 0.322 e. The van der Waals surface area contributed by atoms with Crippen LogP contribution in [-0.4, -0.2) is 5.91 Å². The minimum atomic E-state index is -0.0972. The van der Waals surface area contributed by atoms with Gasteiger partial charge in [-0.15, -0.1) is 0 Å². The number of carbonyl (C=O) groups excluding carboxylic acids is 1. The lowest BCUT2D eigenvalue weighted by Crippen LogP contribution is -2.14. The normalized spacial score (nSPS) is 10.3. The maximum atomic E-state index is 12.3. The third-order valence-corrected chi connectivity index (χ3v) is 3.88. The summed E-state index contributed by atoms with van der Waals surface area (Å²) in [4.78, 5) is 12.3. The van der Waals surface area contributed by atoms with Crippen LogP contribution in [0.25, 0.3) is 0 Å². The van der Waals surface area contributed by atoms with E-state index in [1.807, 2.05) is 50.2 Å². The molecule has 2 nitrogen and oxygen atoms in total. The first-order valence-electron chi connectivity index (χ1n) is 5.81. The lowest BCUT2D eigenvalue weighted by Gasteiger charge is -2.11. The van der Waals surface area contributed by atoms with Gasteiger partial charge in [-0.3, -0.25) is 4.79 Å². The lowest BCUT2D eigenvalue weighted by atomic mass is 10.1. The van der Waals surface area contributed by atoms with Crippen LogP contribution >= 0.6 is 31.9 Å². The smallest absolute Gasteiger partial charge is 0.255 e. The molecule has 0 radical (unpaired) electrons. The number of amides is 1. The zero-order valence-corrected chi connectivity index (χ0v) is 13.8. The summed E-state index contributed by atoms with van der Waals surface area (Å²) < 4.78 is 1.84. The Morgan fingerprint density at radius 2 is 1.53 bits per heavy atom. The predicted molar refractivity (Wildman–Crippen MR) is 85.7 cm³/mol. The summed E-state index contributed by atoms with van der Waals surface area (Å²) >= 11 is 6.80. The van der Waals surface area contributed by atoms with E-state index in [2.05, 4.69) is 37.2 Å². The zero-order chi connectivity index (χ0) is 14.0. The van der Waals surface area contributed by atoms with Gasteiger partial charge in [-0.05, 0) is 49.2 Å². The second-order valence-corrected chi connectivity index (χ2v) is 6.20. The summed E-state index contributed by atoms with van der Waals surface area (Å²) in [5.41, 5.74) is 3.48. The summed E-state index contributed by atoms with van der Waals surface area (Å²) in [5.74, 6) is -0.0972. The second kappa shape index (κ2) is 5.88. The van der Waals surface area contributed by atoms with Gasteiger partial charge in [0.15, 0.2) is 0 Å². The van der Waals surface area contributed by atoms with E-state index in [0.29, 0.717) is 5.56 Å². The van der Waals surface area contributed by atoms with Crippen molar-refractivity contribution in [3.05, 3.63) is 62.0 Å². The average Bonchev–Trinajstić information content (AvgIpc) is 2.36. The number of hydrogen-bond donors (Lipinski definition) is 1. The molecule has 2 aromatic rings. The number of halogens is 2. The summed E-state index contributed by atoms with van der Waals surface area (Å²) in [6, 6.07) is 11.5. The third-order valence-electron chi connectivity index (χ3n) is 2.89. The molecular formula is C15H13Br2NO. The van der Waals surface area contributed by atoms with Crippen molar-refractivity contribution >= 4 is 43.5 Å². The summed E-state index contributed by atoms with van der Waals surface area (Å²) in [7, 11) is 0. The van der Waals surface area contributed by atoms with Gasteiger partial charge in [0, 0.05) is 20.2 Å².